The number of benzene rings is 1. The summed E-state index contributed by atoms with van der Waals surface area (Å²) in [4.78, 5) is 0. The molecule has 2 aromatic rings. The molecule has 0 bridgehead atoms. The van der Waals surface area contributed by atoms with E-state index in [1.165, 1.54) is 22.2 Å². The van der Waals surface area contributed by atoms with Gasteiger partial charge in [-0.3, -0.25) is 0 Å². The first-order valence-electron chi connectivity index (χ1n) is 5.44. The Hall–Kier alpha value is -1.50. The molecule has 0 atom stereocenters. The molecule has 0 unspecified atom stereocenters. The lowest BCUT2D eigenvalue weighted by molar-refractivity contribution is 0.766. The number of fused-ring (bicyclic) bond motifs is 1. The molecule has 0 amide bonds. The summed E-state index contributed by atoms with van der Waals surface area (Å²) in [6.07, 6.45) is 1.05. The first-order valence-corrected chi connectivity index (χ1v) is 5.44. The minimum Gasteiger partial charge on any atom is -0.341 e. The van der Waals surface area contributed by atoms with Crippen LogP contribution < -0.4 is 0 Å². The number of aryl methyl sites for hydroxylation is 1. The summed E-state index contributed by atoms with van der Waals surface area (Å²) >= 11 is 0. The standard InChI is InChI=1S/C14H17N/c1-4-11(2)10-15-12(3)9-13-7-5-6-8-14(13)15/h5-9H,2,4,10H2,1,3H3. The van der Waals surface area contributed by atoms with E-state index in [1.54, 1.807) is 0 Å². The molecule has 0 aliphatic rings. The van der Waals surface area contributed by atoms with E-state index in [-0.39, 0.29) is 0 Å². The van der Waals surface area contributed by atoms with E-state index in [0.717, 1.165) is 13.0 Å². The molecule has 1 nitrogen and oxygen atoms in total. The second kappa shape index (κ2) is 3.93. The topological polar surface area (TPSA) is 4.93 Å². The molecule has 0 aliphatic carbocycles. The molecule has 1 heteroatoms. The van der Waals surface area contributed by atoms with Gasteiger partial charge in [0.05, 0.1) is 0 Å². The molecule has 78 valence electrons. The minimum absolute atomic E-state index is 0.940. The molecule has 0 saturated carbocycles. The van der Waals surface area contributed by atoms with Gasteiger partial charge in [0.15, 0.2) is 0 Å². The van der Waals surface area contributed by atoms with Crippen molar-refractivity contribution in [2.75, 3.05) is 0 Å². The first kappa shape index (κ1) is 10.0. The van der Waals surface area contributed by atoms with Crippen LogP contribution in [0.3, 0.4) is 0 Å². The van der Waals surface area contributed by atoms with E-state index >= 15 is 0 Å². The third-order valence-electron chi connectivity index (χ3n) is 2.90. The van der Waals surface area contributed by atoms with E-state index in [4.69, 9.17) is 0 Å². The summed E-state index contributed by atoms with van der Waals surface area (Å²) in [5.41, 5.74) is 3.90. The minimum atomic E-state index is 0.940. The number of para-hydroxylation sites is 1. The van der Waals surface area contributed by atoms with Gasteiger partial charge in [-0.05, 0) is 30.9 Å². The van der Waals surface area contributed by atoms with Crippen molar-refractivity contribution in [2.24, 2.45) is 0 Å². The maximum absolute atomic E-state index is 4.08. The maximum Gasteiger partial charge on any atom is 0.0485 e. The second-order valence-electron chi connectivity index (χ2n) is 4.03. The lowest BCUT2D eigenvalue weighted by Crippen LogP contribution is -2.01. The third kappa shape index (κ3) is 1.82. The average molecular weight is 199 g/mol. The number of aromatic nitrogens is 1. The van der Waals surface area contributed by atoms with Crippen molar-refractivity contribution in [1.29, 1.82) is 0 Å². The summed E-state index contributed by atoms with van der Waals surface area (Å²) in [5.74, 6) is 0. The van der Waals surface area contributed by atoms with Gasteiger partial charge >= 0.3 is 0 Å². The Balaban J connectivity index is 2.49. The molecule has 0 aliphatic heterocycles. The van der Waals surface area contributed by atoms with Crippen LogP contribution in [0.15, 0.2) is 42.5 Å². The molecule has 0 N–H and O–H groups in total. The molecule has 0 spiro atoms. The Labute approximate surface area is 91.0 Å². The van der Waals surface area contributed by atoms with Crippen molar-refractivity contribution >= 4 is 10.9 Å². The van der Waals surface area contributed by atoms with Crippen LogP contribution in [0.2, 0.25) is 0 Å². The van der Waals surface area contributed by atoms with Crippen molar-refractivity contribution in [1.82, 2.24) is 4.57 Å². The lowest BCUT2D eigenvalue weighted by atomic mass is 10.2. The van der Waals surface area contributed by atoms with Crippen LogP contribution in [0.4, 0.5) is 0 Å². The smallest absolute Gasteiger partial charge is 0.0485 e. The summed E-state index contributed by atoms with van der Waals surface area (Å²) in [6.45, 7) is 9.33. The Morgan fingerprint density at radius 3 is 2.80 bits per heavy atom. The quantitative estimate of drug-likeness (QED) is 0.660. The van der Waals surface area contributed by atoms with Crippen molar-refractivity contribution in [3.05, 3.63) is 48.2 Å². The molecule has 0 radical (unpaired) electrons. The number of allylic oxidation sites excluding steroid dienone is 1. The fourth-order valence-electron chi connectivity index (χ4n) is 1.89. The number of hydrogen-bond donors (Lipinski definition) is 0. The van der Waals surface area contributed by atoms with Crippen LogP contribution in [0.25, 0.3) is 10.9 Å². The van der Waals surface area contributed by atoms with Gasteiger partial charge < -0.3 is 4.57 Å². The fraction of sp³-hybridized carbons (Fsp3) is 0.286. The summed E-state index contributed by atoms with van der Waals surface area (Å²) in [7, 11) is 0. The fourth-order valence-corrected chi connectivity index (χ4v) is 1.89. The zero-order chi connectivity index (χ0) is 10.8. The summed E-state index contributed by atoms with van der Waals surface area (Å²) in [5, 5.41) is 1.32. The normalized spacial score (nSPS) is 10.8. The largest absolute Gasteiger partial charge is 0.341 e. The van der Waals surface area contributed by atoms with Gasteiger partial charge in [-0.1, -0.05) is 37.3 Å². The first-order chi connectivity index (χ1) is 7.22. The zero-order valence-corrected chi connectivity index (χ0v) is 9.46. The monoisotopic (exact) mass is 199 g/mol. The van der Waals surface area contributed by atoms with Gasteiger partial charge in [0, 0.05) is 17.8 Å². The van der Waals surface area contributed by atoms with Crippen LogP contribution in [-0.2, 0) is 6.54 Å². The third-order valence-corrected chi connectivity index (χ3v) is 2.90. The van der Waals surface area contributed by atoms with E-state index in [9.17, 15) is 0 Å². The maximum atomic E-state index is 4.08. The summed E-state index contributed by atoms with van der Waals surface area (Å²) in [6, 6.07) is 10.7. The van der Waals surface area contributed by atoms with E-state index in [1.807, 2.05) is 0 Å². The highest BCUT2D eigenvalue weighted by atomic mass is 15.0. The van der Waals surface area contributed by atoms with Crippen LogP contribution in [0, 0.1) is 6.92 Å². The molecular weight excluding hydrogens is 182 g/mol. The number of rotatable bonds is 3. The molecule has 0 saturated heterocycles. The zero-order valence-electron chi connectivity index (χ0n) is 9.46. The van der Waals surface area contributed by atoms with E-state index < -0.39 is 0 Å². The van der Waals surface area contributed by atoms with Crippen molar-refractivity contribution < 1.29 is 0 Å². The second-order valence-corrected chi connectivity index (χ2v) is 4.03. The predicted octanol–water partition coefficient (Wildman–Crippen LogP) is 3.92. The summed E-state index contributed by atoms with van der Waals surface area (Å²) < 4.78 is 2.33. The van der Waals surface area contributed by atoms with Crippen LogP contribution >= 0.6 is 0 Å². The molecule has 1 aromatic heterocycles. The van der Waals surface area contributed by atoms with Gasteiger partial charge in [-0.15, -0.1) is 0 Å². The SMILES string of the molecule is C=C(CC)Cn1c(C)cc2ccccc21. The highest BCUT2D eigenvalue weighted by Crippen LogP contribution is 2.20. The van der Waals surface area contributed by atoms with Gasteiger partial charge in [0.1, 0.15) is 0 Å². The number of hydrogen-bond acceptors (Lipinski definition) is 0. The Kier molecular flexibility index (Phi) is 2.63. The Bertz CT molecular complexity index is 491. The van der Waals surface area contributed by atoms with E-state index in [2.05, 4.69) is 55.3 Å². The average Bonchev–Trinajstić information content (AvgIpc) is 2.55. The molecule has 2 rings (SSSR count). The molecular formula is C14H17N. The highest BCUT2D eigenvalue weighted by Gasteiger charge is 2.04. The van der Waals surface area contributed by atoms with Gasteiger partial charge in [-0.25, -0.2) is 0 Å². The highest BCUT2D eigenvalue weighted by molar-refractivity contribution is 5.81. The van der Waals surface area contributed by atoms with E-state index in [0.29, 0.717) is 0 Å². The lowest BCUT2D eigenvalue weighted by Gasteiger charge is -2.09. The van der Waals surface area contributed by atoms with Crippen molar-refractivity contribution in [2.45, 2.75) is 26.8 Å². The van der Waals surface area contributed by atoms with Crippen molar-refractivity contribution in [3.63, 3.8) is 0 Å². The molecule has 15 heavy (non-hydrogen) atoms. The van der Waals surface area contributed by atoms with Crippen LogP contribution in [0.5, 0.6) is 0 Å². The molecule has 1 heterocycles. The Morgan fingerprint density at radius 1 is 1.33 bits per heavy atom. The van der Waals surface area contributed by atoms with Crippen LogP contribution in [0.1, 0.15) is 19.0 Å². The van der Waals surface area contributed by atoms with Gasteiger partial charge in [-0.2, -0.15) is 0 Å². The Morgan fingerprint density at radius 2 is 2.07 bits per heavy atom. The number of nitrogens with zero attached hydrogens (tertiary/aromatic N) is 1. The van der Waals surface area contributed by atoms with Gasteiger partial charge in [0.25, 0.3) is 0 Å². The van der Waals surface area contributed by atoms with Crippen molar-refractivity contribution in [3.8, 4) is 0 Å². The van der Waals surface area contributed by atoms with Crippen LogP contribution in [-0.4, -0.2) is 4.57 Å². The van der Waals surface area contributed by atoms with Gasteiger partial charge in [0.2, 0.25) is 0 Å². The molecule has 0 fully saturated rings. The molecule has 1 aromatic carbocycles. The predicted molar refractivity (Wildman–Crippen MR) is 66.1 cm³/mol.